The van der Waals surface area contributed by atoms with Gasteiger partial charge in [-0.3, -0.25) is 14.4 Å². The second-order valence-electron chi connectivity index (χ2n) is 8.45. The van der Waals surface area contributed by atoms with Crippen LogP contribution in [0.2, 0.25) is 0 Å². The van der Waals surface area contributed by atoms with Crippen LogP contribution in [0.25, 0.3) is 0 Å². The summed E-state index contributed by atoms with van der Waals surface area (Å²) in [5, 5.41) is 12.5. The number of furan rings is 1. The zero-order chi connectivity index (χ0) is 28.3. The highest BCUT2D eigenvalue weighted by Gasteiger charge is 2.33. The molecule has 0 bridgehead atoms. The normalized spacial score (nSPS) is 14.1. The van der Waals surface area contributed by atoms with Crippen molar-refractivity contribution < 1.29 is 23.9 Å². The molecule has 204 valence electrons. The molecule has 0 spiro atoms. The molecule has 1 saturated heterocycles. The lowest BCUT2D eigenvalue weighted by Gasteiger charge is -2.25. The molecule has 4 rings (SSSR count). The zero-order valence-corrected chi connectivity index (χ0v) is 22.4. The lowest BCUT2D eigenvalue weighted by Crippen LogP contribution is -2.40. The van der Waals surface area contributed by atoms with Crippen LogP contribution in [0.15, 0.2) is 59.6 Å². The van der Waals surface area contributed by atoms with E-state index in [2.05, 4.69) is 29.6 Å². The van der Waals surface area contributed by atoms with Crippen LogP contribution >= 0.6 is 0 Å². The number of allylic oxidation sites excluding steroid dienone is 3. The molecule has 0 aliphatic carbocycles. The molecule has 1 fully saturated rings. The highest BCUT2D eigenvalue weighted by Crippen LogP contribution is 2.33. The Hall–Kier alpha value is -4.09. The predicted molar refractivity (Wildman–Crippen MR) is 150 cm³/mol. The van der Waals surface area contributed by atoms with Crippen molar-refractivity contribution in [3.8, 4) is 18.6 Å². The van der Waals surface area contributed by atoms with Crippen LogP contribution in [0.4, 0.5) is 0 Å². The van der Waals surface area contributed by atoms with Crippen molar-refractivity contribution in [2.24, 2.45) is 0 Å². The predicted octanol–water partition coefficient (Wildman–Crippen LogP) is 4.00. The number of rotatable bonds is 8. The van der Waals surface area contributed by atoms with Gasteiger partial charge in [0.1, 0.15) is 17.1 Å². The van der Waals surface area contributed by atoms with E-state index in [0.29, 0.717) is 30.0 Å². The second-order valence-corrected chi connectivity index (χ2v) is 8.45. The molecule has 2 aliphatic rings. The number of nitrogens with one attached hydrogen (secondary N) is 1. The van der Waals surface area contributed by atoms with E-state index in [1.807, 2.05) is 25.1 Å². The summed E-state index contributed by atoms with van der Waals surface area (Å²) in [4.78, 5) is 38.2. The number of aryl methyl sites for hydroxylation is 1. The number of aromatic hydroxyl groups is 1. The van der Waals surface area contributed by atoms with E-state index in [0.717, 1.165) is 19.5 Å². The first-order chi connectivity index (χ1) is 18.4. The molecule has 8 heteroatoms. The van der Waals surface area contributed by atoms with Crippen LogP contribution in [-0.2, 0) is 11.2 Å². The Morgan fingerprint density at radius 1 is 1.18 bits per heavy atom. The summed E-state index contributed by atoms with van der Waals surface area (Å²) in [6.45, 7) is 11.7. The van der Waals surface area contributed by atoms with Crippen molar-refractivity contribution in [2.75, 3.05) is 39.3 Å². The Morgan fingerprint density at radius 2 is 1.84 bits per heavy atom. The summed E-state index contributed by atoms with van der Waals surface area (Å²) in [6.07, 6.45) is 17.5. The number of amides is 2. The van der Waals surface area contributed by atoms with Gasteiger partial charge >= 0.3 is 0 Å². The standard InChI is InChI=1S/C16H15NO4.C7H14N2O.C5H8.C2H2/c1-10-15(19)14-13(21-10)7-8-17(16(14)20)9-12(18)11-5-3-2-4-6-11;10-7-8-3-6-9-4-1-2-5-9;1-3-5-4-2;1-2/h2-6,19H,7-9H2,1H3;7H,1-6H2,(H,8,10);3-5H,1H2,2H3;1-2H/b;;5-4-;. The molecular weight excluding hydrogens is 482 g/mol. The minimum atomic E-state index is -0.352. The number of carbonyl (C=O) groups excluding carboxylic acids is 3. The number of likely N-dealkylation sites (tertiary alicyclic amines) is 1. The second kappa shape index (κ2) is 18.2. The van der Waals surface area contributed by atoms with E-state index in [4.69, 9.17) is 4.42 Å². The van der Waals surface area contributed by atoms with Gasteiger partial charge in [0.15, 0.2) is 11.5 Å². The fourth-order valence-corrected chi connectivity index (χ4v) is 3.95. The molecule has 0 unspecified atom stereocenters. The quantitative estimate of drug-likeness (QED) is 0.179. The Morgan fingerprint density at radius 3 is 2.39 bits per heavy atom. The van der Waals surface area contributed by atoms with Crippen molar-refractivity contribution in [1.29, 1.82) is 0 Å². The van der Waals surface area contributed by atoms with E-state index >= 15 is 0 Å². The average molecular weight is 522 g/mol. The van der Waals surface area contributed by atoms with Crippen LogP contribution in [-0.4, -0.2) is 72.3 Å². The molecule has 1 aromatic heterocycles. The van der Waals surface area contributed by atoms with E-state index in [1.165, 1.54) is 30.8 Å². The summed E-state index contributed by atoms with van der Waals surface area (Å²) >= 11 is 0. The van der Waals surface area contributed by atoms with Crippen molar-refractivity contribution in [3.05, 3.63) is 77.8 Å². The monoisotopic (exact) mass is 521 g/mol. The van der Waals surface area contributed by atoms with Crippen molar-refractivity contribution in [1.82, 2.24) is 15.1 Å². The Bertz CT molecular complexity index is 1070. The Kier molecular flexibility index (Phi) is 15.3. The highest BCUT2D eigenvalue weighted by atomic mass is 16.4. The molecule has 1 aromatic carbocycles. The third-order valence-corrected chi connectivity index (χ3v) is 5.85. The van der Waals surface area contributed by atoms with Crippen LogP contribution < -0.4 is 5.32 Å². The third-order valence-electron chi connectivity index (χ3n) is 5.85. The molecule has 3 heterocycles. The first-order valence-corrected chi connectivity index (χ1v) is 12.6. The third kappa shape index (κ3) is 10.1. The summed E-state index contributed by atoms with van der Waals surface area (Å²) < 4.78 is 5.36. The van der Waals surface area contributed by atoms with Gasteiger partial charge in [0.2, 0.25) is 6.41 Å². The minimum absolute atomic E-state index is 0.00591. The van der Waals surface area contributed by atoms with Crippen molar-refractivity contribution in [3.63, 3.8) is 0 Å². The van der Waals surface area contributed by atoms with E-state index in [-0.39, 0.29) is 29.5 Å². The Balaban J connectivity index is 0.000000353. The number of carbonyl (C=O) groups is 3. The van der Waals surface area contributed by atoms with Gasteiger partial charge in [0, 0.05) is 31.6 Å². The molecule has 2 aromatic rings. The van der Waals surface area contributed by atoms with Crippen LogP contribution in [0, 0.1) is 19.8 Å². The lowest BCUT2D eigenvalue weighted by atomic mass is 10.0. The first kappa shape index (κ1) is 31.9. The smallest absolute Gasteiger partial charge is 0.261 e. The number of benzene rings is 1. The van der Waals surface area contributed by atoms with Crippen molar-refractivity contribution in [2.45, 2.75) is 33.1 Å². The molecule has 2 N–H and O–H groups in total. The molecule has 38 heavy (non-hydrogen) atoms. The number of ketones is 1. The van der Waals surface area contributed by atoms with Gasteiger partial charge in [-0.15, -0.1) is 12.8 Å². The van der Waals surface area contributed by atoms with Gasteiger partial charge in [-0.05, 0) is 39.8 Å². The van der Waals surface area contributed by atoms with Gasteiger partial charge in [-0.2, -0.15) is 0 Å². The number of hydrogen-bond donors (Lipinski definition) is 2. The highest BCUT2D eigenvalue weighted by molar-refractivity contribution is 6.04. The van der Waals surface area contributed by atoms with Gasteiger partial charge in [-0.25, -0.2) is 0 Å². The largest absolute Gasteiger partial charge is 0.504 e. The summed E-state index contributed by atoms with van der Waals surface area (Å²) in [5.41, 5.74) is 0.767. The fraction of sp³-hybridized carbons (Fsp3) is 0.367. The molecular formula is C30H39N3O5. The minimum Gasteiger partial charge on any atom is -0.504 e. The first-order valence-electron chi connectivity index (χ1n) is 12.6. The number of fused-ring (bicyclic) bond motifs is 1. The number of nitrogens with zero attached hydrogens (tertiary/aromatic N) is 2. The lowest BCUT2D eigenvalue weighted by molar-refractivity contribution is -0.109. The van der Waals surface area contributed by atoms with Gasteiger partial charge in [0.05, 0.1) is 6.54 Å². The molecule has 0 atom stereocenters. The fourth-order valence-electron chi connectivity index (χ4n) is 3.95. The van der Waals surface area contributed by atoms with Crippen LogP contribution in [0.5, 0.6) is 5.75 Å². The molecule has 8 nitrogen and oxygen atoms in total. The molecule has 2 aliphatic heterocycles. The maximum atomic E-state index is 12.4. The number of Topliss-reactive ketones (excluding diaryl/α,β-unsaturated/α-hetero) is 1. The summed E-state index contributed by atoms with van der Waals surface area (Å²) in [7, 11) is 0. The van der Waals surface area contributed by atoms with Gasteiger partial charge in [0.25, 0.3) is 5.91 Å². The van der Waals surface area contributed by atoms with Crippen molar-refractivity contribution >= 4 is 18.1 Å². The van der Waals surface area contributed by atoms with Crippen LogP contribution in [0.3, 0.4) is 0 Å². The maximum Gasteiger partial charge on any atom is 0.261 e. The SMILES string of the molecule is C#C.C=C/C=C\C.Cc1oc2c(c1O)C(=O)N(CC(=O)c1ccccc1)CC2.O=CNCCN1CCCC1. The summed E-state index contributed by atoms with van der Waals surface area (Å²) in [6, 6.07) is 8.86. The maximum absolute atomic E-state index is 12.4. The van der Waals surface area contributed by atoms with Gasteiger partial charge in [-0.1, -0.05) is 55.1 Å². The number of terminal acetylenes is 1. The number of hydrogen-bond acceptors (Lipinski definition) is 6. The average Bonchev–Trinajstić information content (AvgIpc) is 3.56. The van der Waals surface area contributed by atoms with Gasteiger partial charge < -0.3 is 24.6 Å². The Labute approximate surface area is 226 Å². The molecule has 0 saturated carbocycles. The molecule has 2 amide bonds. The van der Waals surface area contributed by atoms with E-state index in [1.54, 1.807) is 37.3 Å². The summed E-state index contributed by atoms with van der Waals surface area (Å²) in [5.74, 6) is 0.247. The van der Waals surface area contributed by atoms with E-state index < -0.39 is 0 Å². The molecule has 0 radical (unpaired) electrons. The topological polar surface area (TPSA) is 103 Å². The van der Waals surface area contributed by atoms with E-state index in [9.17, 15) is 19.5 Å². The zero-order valence-electron chi connectivity index (χ0n) is 22.4. The van der Waals surface area contributed by atoms with Crippen LogP contribution in [0.1, 0.15) is 52.0 Å².